The van der Waals surface area contributed by atoms with E-state index < -0.39 is 0 Å². The Morgan fingerprint density at radius 2 is 0.982 bits per heavy atom. The second-order valence-corrected chi connectivity index (χ2v) is 17.1. The molecule has 9 nitrogen and oxygen atoms in total. The molecule has 0 aromatic carbocycles. The number of rotatable bonds is 34. The fraction of sp³-hybridized carbons (Fsp3) is 0.830. The molecule has 2 fully saturated rings. The van der Waals surface area contributed by atoms with Gasteiger partial charge in [-0.05, 0) is 39.5 Å². The number of anilines is 2. The highest BCUT2D eigenvalue weighted by molar-refractivity contribution is 5.47. The average molecular weight is 779 g/mol. The van der Waals surface area contributed by atoms with Gasteiger partial charge in [0.2, 0.25) is 17.6 Å². The molecule has 0 unspecified atom stereocenters. The van der Waals surface area contributed by atoms with Crippen molar-refractivity contribution < 1.29 is 14.6 Å². The van der Waals surface area contributed by atoms with E-state index in [4.69, 9.17) is 24.4 Å². The maximum atomic E-state index is 10.8. The van der Waals surface area contributed by atoms with Gasteiger partial charge < -0.3 is 24.4 Å². The Bertz CT molecular complexity index is 1330. The van der Waals surface area contributed by atoms with E-state index in [-0.39, 0.29) is 11.9 Å². The standard InChI is InChI=1S/C47H82N6O3/c1-5-7-9-11-13-15-17-19-20-22-24-26-28-30-33-42-43(54)39(3)48-46(50-42)53-37-41(38-53)56-44-40(4)49-47(52-34-32-35-52)51-45(44)55-36-31-29-27-25-23-21-18-16-14-12-10-8-6-2/h41,54H,5-38H2,1-4H3. The van der Waals surface area contributed by atoms with E-state index in [1.807, 2.05) is 13.8 Å². The third kappa shape index (κ3) is 16.9. The third-order valence-electron chi connectivity index (χ3n) is 11.9. The zero-order chi connectivity index (χ0) is 39.6. The van der Waals surface area contributed by atoms with E-state index >= 15 is 0 Å². The van der Waals surface area contributed by atoms with Crippen molar-refractivity contribution in [1.29, 1.82) is 0 Å². The van der Waals surface area contributed by atoms with Gasteiger partial charge in [0.15, 0.2) is 5.75 Å². The normalized spacial score (nSPS) is 14.3. The summed E-state index contributed by atoms with van der Waals surface area (Å²) in [5, 5.41) is 10.8. The van der Waals surface area contributed by atoms with Crippen molar-refractivity contribution in [2.24, 2.45) is 0 Å². The van der Waals surface area contributed by atoms with Gasteiger partial charge in [-0.15, -0.1) is 0 Å². The molecule has 4 rings (SSSR count). The smallest absolute Gasteiger partial charge is 0.262 e. The van der Waals surface area contributed by atoms with Crippen LogP contribution in [0.25, 0.3) is 0 Å². The summed E-state index contributed by atoms with van der Waals surface area (Å²) in [7, 11) is 0. The molecule has 2 saturated heterocycles. The lowest BCUT2D eigenvalue weighted by Gasteiger charge is -2.39. The molecule has 318 valence electrons. The summed E-state index contributed by atoms with van der Waals surface area (Å²) in [6.45, 7) is 12.4. The lowest BCUT2D eigenvalue weighted by molar-refractivity contribution is 0.152. The van der Waals surface area contributed by atoms with Gasteiger partial charge in [-0.25, -0.2) is 15.0 Å². The van der Waals surface area contributed by atoms with Gasteiger partial charge in [0, 0.05) is 13.1 Å². The highest BCUT2D eigenvalue weighted by Gasteiger charge is 2.33. The molecule has 0 bridgehead atoms. The van der Waals surface area contributed by atoms with Crippen LogP contribution in [0.4, 0.5) is 11.9 Å². The monoisotopic (exact) mass is 779 g/mol. The number of hydrogen-bond donors (Lipinski definition) is 1. The Labute approximate surface area is 342 Å². The summed E-state index contributed by atoms with van der Waals surface area (Å²) < 4.78 is 12.9. The van der Waals surface area contributed by atoms with Crippen molar-refractivity contribution in [3.05, 3.63) is 17.1 Å². The molecule has 0 spiro atoms. The SMILES string of the molecule is CCCCCCCCCCCCCCCCc1nc(N2CC(Oc3c(C)nc(N4CCC4)nc3OCCCCCCCCCCCCCCC)C2)nc(C)c1O. The van der Waals surface area contributed by atoms with Crippen LogP contribution in [-0.2, 0) is 6.42 Å². The van der Waals surface area contributed by atoms with E-state index in [2.05, 4.69) is 28.6 Å². The summed E-state index contributed by atoms with van der Waals surface area (Å²) >= 11 is 0. The van der Waals surface area contributed by atoms with E-state index in [1.165, 1.54) is 167 Å². The molecule has 0 aliphatic carbocycles. The number of aryl methyl sites for hydroxylation is 3. The first-order valence-corrected chi connectivity index (χ1v) is 23.7. The van der Waals surface area contributed by atoms with Crippen LogP contribution in [0.3, 0.4) is 0 Å². The Balaban J connectivity index is 1.14. The van der Waals surface area contributed by atoms with Gasteiger partial charge in [-0.1, -0.05) is 174 Å². The van der Waals surface area contributed by atoms with Crippen LogP contribution in [0.2, 0.25) is 0 Å². The Morgan fingerprint density at radius 1 is 0.536 bits per heavy atom. The highest BCUT2D eigenvalue weighted by atomic mass is 16.5. The van der Waals surface area contributed by atoms with Crippen LogP contribution in [0, 0.1) is 13.8 Å². The van der Waals surface area contributed by atoms with Crippen LogP contribution in [-0.4, -0.2) is 63.9 Å². The molecular formula is C47H82N6O3. The summed E-state index contributed by atoms with van der Waals surface area (Å²) in [6.07, 6.45) is 37.9. The predicted molar refractivity (Wildman–Crippen MR) is 234 cm³/mol. The molecule has 2 aliphatic rings. The maximum Gasteiger partial charge on any atom is 0.262 e. The van der Waals surface area contributed by atoms with Gasteiger partial charge in [0.05, 0.1) is 36.8 Å². The Hall–Kier alpha value is -2.84. The van der Waals surface area contributed by atoms with Crippen LogP contribution in [0.5, 0.6) is 17.4 Å². The largest absolute Gasteiger partial charge is 0.504 e. The molecule has 2 aromatic rings. The number of nitrogens with zero attached hydrogens (tertiary/aromatic N) is 6. The van der Waals surface area contributed by atoms with Gasteiger partial charge in [0.1, 0.15) is 6.10 Å². The number of ether oxygens (including phenoxy) is 2. The van der Waals surface area contributed by atoms with E-state index in [0.717, 1.165) is 49.7 Å². The predicted octanol–water partition coefficient (Wildman–Crippen LogP) is 12.6. The van der Waals surface area contributed by atoms with Crippen molar-refractivity contribution in [3.8, 4) is 17.4 Å². The van der Waals surface area contributed by atoms with Crippen LogP contribution < -0.4 is 19.3 Å². The number of unbranched alkanes of at least 4 members (excludes halogenated alkanes) is 25. The fourth-order valence-corrected chi connectivity index (χ4v) is 7.96. The van der Waals surface area contributed by atoms with Gasteiger partial charge in [-0.3, -0.25) is 0 Å². The van der Waals surface area contributed by atoms with E-state index in [0.29, 0.717) is 43.0 Å². The van der Waals surface area contributed by atoms with Gasteiger partial charge in [0.25, 0.3) is 5.88 Å². The first-order chi connectivity index (χ1) is 27.5. The topological polar surface area (TPSA) is 96.7 Å². The first kappa shape index (κ1) is 45.9. The van der Waals surface area contributed by atoms with Crippen LogP contribution in [0.15, 0.2) is 0 Å². The van der Waals surface area contributed by atoms with Crippen molar-refractivity contribution in [1.82, 2.24) is 19.9 Å². The summed E-state index contributed by atoms with van der Waals surface area (Å²) in [4.78, 5) is 23.5. The Morgan fingerprint density at radius 3 is 1.46 bits per heavy atom. The quantitative estimate of drug-likeness (QED) is 0.0696. The maximum absolute atomic E-state index is 10.8. The zero-order valence-corrected chi connectivity index (χ0v) is 36.6. The molecule has 0 atom stereocenters. The minimum atomic E-state index is -0.0298. The molecule has 2 aliphatic heterocycles. The second-order valence-electron chi connectivity index (χ2n) is 17.1. The lowest BCUT2D eigenvalue weighted by Crippen LogP contribution is -2.54. The first-order valence-electron chi connectivity index (χ1n) is 23.7. The van der Waals surface area contributed by atoms with E-state index in [1.54, 1.807) is 0 Å². The summed E-state index contributed by atoms with van der Waals surface area (Å²) in [5.41, 5.74) is 2.24. The van der Waals surface area contributed by atoms with Gasteiger partial charge in [-0.2, -0.15) is 4.98 Å². The molecule has 2 aromatic heterocycles. The molecule has 0 saturated carbocycles. The van der Waals surface area contributed by atoms with E-state index in [9.17, 15) is 5.11 Å². The minimum Gasteiger partial charge on any atom is -0.504 e. The van der Waals surface area contributed by atoms with Crippen LogP contribution in [0.1, 0.15) is 211 Å². The van der Waals surface area contributed by atoms with Crippen molar-refractivity contribution in [2.75, 3.05) is 42.6 Å². The zero-order valence-electron chi connectivity index (χ0n) is 36.6. The molecule has 9 heteroatoms. The molecular weight excluding hydrogens is 697 g/mol. The molecule has 0 radical (unpaired) electrons. The third-order valence-corrected chi connectivity index (χ3v) is 11.9. The average Bonchev–Trinajstić information content (AvgIpc) is 3.14. The molecule has 0 amide bonds. The number of hydrogen-bond acceptors (Lipinski definition) is 9. The minimum absolute atomic E-state index is 0.0298. The number of aromatic nitrogens is 4. The highest BCUT2D eigenvalue weighted by Crippen LogP contribution is 2.35. The van der Waals surface area contributed by atoms with Gasteiger partial charge >= 0.3 is 0 Å². The lowest BCUT2D eigenvalue weighted by atomic mass is 10.0. The fourth-order valence-electron chi connectivity index (χ4n) is 7.96. The molecule has 56 heavy (non-hydrogen) atoms. The molecule has 1 N–H and O–H groups in total. The summed E-state index contributed by atoms with van der Waals surface area (Å²) in [5.74, 6) is 2.91. The summed E-state index contributed by atoms with van der Waals surface area (Å²) in [6, 6.07) is 0. The molecule has 4 heterocycles. The van der Waals surface area contributed by atoms with Crippen molar-refractivity contribution in [2.45, 2.75) is 220 Å². The second kappa shape index (κ2) is 27.7. The van der Waals surface area contributed by atoms with Crippen LogP contribution >= 0.6 is 0 Å². The number of aromatic hydroxyl groups is 1. The Kier molecular flexibility index (Phi) is 22.7. The van der Waals surface area contributed by atoms with Crippen molar-refractivity contribution >= 4 is 11.9 Å². The van der Waals surface area contributed by atoms with Crippen molar-refractivity contribution in [3.63, 3.8) is 0 Å².